The fraction of sp³-hybridized carbons (Fsp3) is 0.667. The average molecular weight is 293 g/mol. The number of aliphatic carboxylic acids is 1. The van der Waals surface area contributed by atoms with Crippen molar-refractivity contribution in [3.63, 3.8) is 0 Å². The molecule has 0 amide bonds. The van der Waals surface area contributed by atoms with Gasteiger partial charge >= 0.3 is 11.7 Å². The highest BCUT2D eigenvalue weighted by atomic mass is 16.4. The maximum absolute atomic E-state index is 12.0. The van der Waals surface area contributed by atoms with Gasteiger partial charge in [0.25, 0.3) is 0 Å². The van der Waals surface area contributed by atoms with E-state index in [0.29, 0.717) is 17.8 Å². The lowest BCUT2D eigenvalue weighted by Gasteiger charge is -2.17. The molecule has 0 radical (unpaired) electrons. The summed E-state index contributed by atoms with van der Waals surface area (Å²) in [4.78, 5) is 29.3. The summed E-state index contributed by atoms with van der Waals surface area (Å²) >= 11 is 0. The zero-order valence-electron chi connectivity index (χ0n) is 12.8. The van der Waals surface area contributed by atoms with Crippen LogP contribution in [-0.2, 0) is 17.8 Å². The fourth-order valence-electron chi connectivity index (χ4n) is 2.97. The predicted molar refractivity (Wildman–Crippen MR) is 79.6 cm³/mol. The molecule has 1 fully saturated rings. The van der Waals surface area contributed by atoms with E-state index in [1.54, 1.807) is 11.5 Å². The molecule has 0 aliphatic carbocycles. The van der Waals surface area contributed by atoms with E-state index in [1.807, 2.05) is 6.92 Å². The Balaban J connectivity index is 2.10. The number of rotatable bonds is 6. The fourth-order valence-corrected chi connectivity index (χ4v) is 2.97. The topological polar surface area (TPSA) is 75.4 Å². The van der Waals surface area contributed by atoms with Crippen molar-refractivity contribution in [1.82, 2.24) is 14.5 Å². The third-order valence-electron chi connectivity index (χ3n) is 4.16. The Morgan fingerprint density at radius 2 is 1.90 bits per heavy atom. The second kappa shape index (κ2) is 6.85. The summed E-state index contributed by atoms with van der Waals surface area (Å²) in [6, 6.07) is 0. The molecule has 0 atom stereocenters. The predicted octanol–water partition coefficient (Wildman–Crippen LogP) is 0.973. The molecular weight excluding hydrogens is 270 g/mol. The van der Waals surface area contributed by atoms with Gasteiger partial charge in [0.15, 0.2) is 0 Å². The minimum atomic E-state index is -0.898. The highest BCUT2D eigenvalue weighted by molar-refractivity contribution is 5.70. The molecule has 1 N–H and O–H groups in total. The number of carbonyl (C=O) groups is 1. The molecule has 0 saturated carbocycles. The number of carboxylic acid groups (broad SMARTS) is 1. The SMILES string of the molecule is Cc1nc(=O)n(CCCN2CCCC2)c(C)c1CC(=O)O. The van der Waals surface area contributed by atoms with E-state index in [2.05, 4.69) is 9.88 Å². The molecule has 1 aromatic rings. The Hall–Kier alpha value is -1.69. The van der Waals surface area contributed by atoms with Crippen LogP contribution in [0.3, 0.4) is 0 Å². The molecule has 1 aliphatic rings. The lowest BCUT2D eigenvalue weighted by Crippen LogP contribution is -2.30. The molecule has 6 nitrogen and oxygen atoms in total. The highest BCUT2D eigenvalue weighted by Crippen LogP contribution is 2.12. The van der Waals surface area contributed by atoms with Gasteiger partial charge in [-0.2, -0.15) is 4.98 Å². The standard InChI is InChI=1S/C15H23N3O3/c1-11-13(10-14(19)20)12(2)18(15(21)16-11)9-5-8-17-6-3-4-7-17/h3-10H2,1-2H3,(H,19,20). The third-order valence-corrected chi connectivity index (χ3v) is 4.16. The van der Waals surface area contributed by atoms with Crippen LogP contribution in [0.15, 0.2) is 4.79 Å². The number of aryl methyl sites for hydroxylation is 1. The summed E-state index contributed by atoms with van der Waals surface area (Å²) in [6.45, 7) is 7.37. The zero-order chi connectivity index (χ0) is 15.4. The van der Waals surface area contributed by atoms with E-state index >= 15 is 0 Å². The van der Waals surface area contributed by atoms with Gasteiger partial charge in [-0.1, -0.05) is 0 Å². The molecule has 21 heavy (non-hydrogen) atoms. The molecule has 1 aromatic heterocycles. The summed E-state index contributed by atoms with van der Waals surface area (Å²) in [7, 11) is 0. The van der Waals surface area contributed by atoms with Crippen LogP contribution < -0.4 is 5.69 Å². The lowest BCUT2D eigenvalue weighted by molar-refractivity contribution is -0.136. The van der Waals surface area contributed by atoms with Crippen LogP contribution in [0.25, 0.3) is 0 Å². The van der Waals surface area contributed by atoms with Crippen molar-refractivity contribution in [3.05, 3.63) is 27.4 Å². The second-order valence-electron chi connectivity index (χ2n) is 5.67. The van der Waals surface area contributed by atoms with Crippen molar-refractivity contribution in [1.29, 1.82) is 0 Å². The van der Waals surface area contributed by atoms with E-state index in [4.69, 9.17) is 5.11 Å². The first kappa shape index (κ1) is 15.7. The monoisotopic (exact) mass is 293 g/mol. The van der Waals surface area contributed by atoms with E-state index in [9.17, 15) is 9.59 Å². The molecule has 2 rings (SSSR count). The third kappa shape index (κ3) is 3.91. The van der Waals surface area contributed by atoms with E-state index in [0.717, 1.165) is 31.7 Å². The summed E-state index contributed by atoms with van der Waals surface area (Å²) in [6.07, 6.45) is 3.32. The van der Waals surface area contributed by atoms with Crippen molar-refractivity contribution in [2.75, 3.05) is 19.6 Å². The van der Waals surface area contributed by atoms with Gasteiger partial charge in [-0.15, -0.1) is 0 Å². The van der Waals surface area contributed by atoms with Crippen molar-refractivity contribution >= 4 is 5.97 Å². The molecule has 0 bridgehead atoms. The largest absolute Gasteiger partial charge is 0.481 e. The van der Waals surface area contributed by atoms with Crippen molar-refractivity contribution in [2.45, 2.75) is 46.1 Å². The smallest absolute Gasteiger partial charge is 0.347 e. The molecule has 6 heteroatoms. The molecule has 1 saturated heterocycles. The minimum absolute atomic E-state index is 0.0862. The maximum Gasteiger partial charge on any atom is 0.347 e. The van der Waals surface area contributed by atoms with E-state index in [-0.39, 0.29) is 12.1 Å². The van der Waals surface area contributed by atoms with Gasteiger partial charge in [0.1, 0.15) is 0 Å². The average Bonchev–Trinajstić information content (AvgIpc) is 2.91. The number of hydrogen-bond donors (Lipinski definition) is 1. The number of nitrogens with zero attached hydrogens (tertiary/aromatic N) is 3. The number of carboxylic acids is 1. The van der Waals surface area contributed by atoms with Crippen LogP contribution >= 0.6 is 0 Å². The normalized spacial score (nSPS) is 15.5. The summed E-state index contributed by atoms with van der Waals surface area (Å²) in [5.74, 6) is -0.898. The Morgan fingerprint density at radius 1 is 1.24 bits per heavy atom. The van der Waals surface area contributed by atoms with Gasteiger partial charge in [-0.05, 0) is 52.7 Å². The van der Waals surface area contributed by atoms with Crippen LogP contribution in [0.2, 0.25) is 0 Å². The van der Waals surface area contributed by atoms with Gasteiger partial charge in [0.05, 0.1) is 6.42 Å². The summed E-state index contributed by atoms with van der Waals surface area (Å²) in [5, 5.41) is 8.97. The van der Waals surface area contributed by atoms with E-state index < -0.39 is 5.97 Å². The molecule has 1 aliphatic heterocycles. The van der Waals surface area contributed by atoms with Gasteiger partial charge in [-0.3, -0.25) is 9.36 Å². The van der Waals surface area contributed by atoms with Gasteiger partial charge in [0.2, 0.25) is 0 Å². The molecule has 0 aromatic carbocycles. The molecule has 116 valence electrons. The van der Waals surface area contributed by atoms with Gasteiger partial charge < -0.3 is 10.0 Å². The summed E-state index contributed by atoms with van der Waals surface area (Å²) < 4.78 is 1.61. The van der Waals surface area contributed by atoms with Crippen LogP contribution in [0.5, 0.6) is 0 Å². The Labute approximate surface area is 124 Å². The lowest BCUT2D eigenvalue weighted by atomic mass is 10.1. The maximum atomic E-state index is 12.0. The summed E-state index contributed by atoms with van der Waals surface area (Å²) in [5.41, 5.74) is 1.64. The molecule has 0 unspecified atom stereocenters. The zero-order valence-corrected chi connectivity index (χ0v) is 12.8. The first-order valence-corrected chi connectivity index (χ1v) is 7.50. The van der Waals surface area contributed by atoms with Gasteiger partial charge in [0, 0.05) is 23.5 Å². The van der Waals surface area contributed by atoms with Crippen molar-refractivity contribution < 1.29 is 9.90 Å². The molecule has 2 heterocycles. The van der Waals surface area contributed by atoms with Crippen LogP contribution in [0, 0.1) is 13.8 Å². The highest BCUT2D eigenvalue weighted by Gasteiger charge is 2.15. The Kier molecular flexibility index (Phi) is 5.12. The first-order valence-electron chi connectivity index (χ1n) is 7.50. The quantitative estimate of drug-likeness (QED) is 0.846. The van der Waals surface area contributed by atoms with Gasteiger partial charge in [-0.25, -0.2) is 4.79 Å². The first-order chi connectivity index (χ1) is 9.99. The number of hydrogen-bond acceptors (Lipinski definition) is 4. The Bertz CT molecular complexity index is 574. The number of aromatic nitrogens is 2. The second-order valence-corrected chi connectivity index (χ2v) is 5.67. The van der Waals surface area contributed by atoms with Crippen LogP contribution in [-0.4, -0.2) is 45.2 Å². The number of likely N-dealkylation sites (tertiary alicyclic amines) is 1. The molecular formula is C15H23N3O3. The Morgan fingerprint density at radius 3 is 2.52 bits per heavy atom. The van der Waals surface area contributed by atoms with E-state index in [1.165, 1.54) is 12.8 Å². The molecule has 0 spiro atoms. The van der Waals surface area contributed by atoms with Crippen molar-refractivity contribution in [3.8, 4) is 0 Å². The van der Waals surface area contributed by atoms with Crippen molar-refractivity contribution in [2.24, 2.45) is 0 Å². The van der Waals surface area contributed by atoms with Crippen LogP contribution in [0.1, 0.15) is 36.2 Å². The van der Waals surface area contributed by atoms with Crippen LogP contribution in [0.4, 0.5) is 0 Å². The minimum Gasteiger partial charge on any atom is -0.481 e.